The summed E-state index contributed by atoms with van der Waals surface area (Å²) in [6, 6.07) is 6.04. The van der Waals surface area contributed by atoms with Crippen molar-refractivity contribution in [3.63, 3.8) is 0 Å². The van der Waals surface area contributed by atoms with Crippen LogP contribution in [0.2, 0.25) is 5.02 Å². The largest absolute Gasteiger partial charge is 0.493 e. The van der Waals surface area contributed by atoms with E-state index in [-0.39, 0.29) is 16.6 Å². The van der Waals surface area contributed by atoms with E-state index in [0.717, 1.165) is 56.0 Å². The number of nitrogens with one attached hydrogen (secondary N) is 1. The molecular formula is C20H18ClN5O2S. The minimum absolute atomic E-state index is 0.162. The lowest BCUT2D eigenvalue weighted by Gasteiger charge is -2.15. The van der Waals surface area contributed by atoms with Gasteiger partial charge in [-0.2, -0.15) is 0 Å². The number of hydrogen-bond acceptors (Lipinski definition) is 7. The van der Waals surface area contributed by atoms with E-state index in [9.17, 15) is 4.79 Å². The summed E-state index contributed by atoms with van der Waals surface area (Å²) in [5.41, 5.74) is 3.16. The van der Waals surface area contributed by atoms with Gasteiger partial charge >= 0.3 is 0 Å². The van der Waals surface area contributed by atoms with Gasteiger partial charge in [-0.15, -0.1) is 11.3 Å². The van der Waals surface area contributed by atoms with Gasteiger partial charge in [0.15, 0.2) is 10.8 Å². The van der Waals surface area contributed by atoms with Crippen LogP contribution >= 0.6 is 22.9 Å². The van der Waals surface area contributed by atoms with Crippen LogP contribution in [0, 0.1) is 0 Å². The lowest BCUT2D eigenvalue weighted by Crippen LogP contribution is -2.23. The fourth-order valence-corrected chi connectivity index (χ4v) is 4.44. The van der Waals surface area contributed by atoms with Crippen LogP contribution in [0.25, 0.3) is 11.3 Å². The van der Waals surface area contributed by atoms with Gasteiger partial charge in [0.2, 0.25) is 5.95 Å². The molecule has 0 bridgehead atoms. The number of ether oxygens (including phenoxy) is 1. The van der Waals surface area contributed by atoms with Crippen LogP contribution in [0.5, 0.6) is 5.75 Å². The van der Waals surface area contributed by atoms with Gasteiger partial charge in [-0.05, 0) is 36.6 Å². The molecule has 9 heteroatoms. The Labute approximate surface area is 176 Å². The molecule has 1 N–H and O–H groups in total. The Morgan fingerprint density at radius 1 is 1.24 bits per heavy atom. The third-order valence-electron chi connectivity index (χ3n) is 5.05. The fourth-order valence-electron chi connectivity index (χ4n) is 3.55. The Morgan fingerprint density at radius 2 is 2.10 bits per heavy atom. The summed E-state index contributed by atoms with van der Waals surface area (Å²) in [6.07, 6.45) is 4.59. The molecule has 3 aromatic rings. The van der Waals surface area contributed by atoms with Crippen LogP contribution in [-0.4, -0.2) is 40.6 Å². The molecule has 5 rings (SSSR count). The van der Waals surface area contributed by atoms with Crippen molar-refractivity contribution in [2.24, 2.45) is 0 Å². The first-order valence-corrected chi connectivity index (χ1v) is 10.7. The molecule has 1 saturated heterocycles. The highest BCUT2D eigenvalue weighted by molar-refractivity contribution is 7.14. The van der Waals surface area contributed by atoms with E-state index in [1.807, 2.05) is 17.5 Å². The molecule has 1 aromatic carbocycles. The summed E-state index contributed by atoms with van der Waals surface area (Å²) in [4.78, 5) is 28.0. The maximum Gasteiger partial charge on any atom is 0.277 e. The van der Waals surface area contributed by atoms with Gasteiger partial charge in [0.25, 0.3) is 5.91 Å². The molecule has 0 saturated carbocycles. The van der Waals surface area contributed by atoms with Crippen molar-refractivity contribution in [1.29, 1.82) is 0 Å². The molecule has 0 spiro atoms. The predicted molar refractivity (Wildman–Crippen MR) is 113 cm³/mol. The van der Waals surface area contributed by atoms with Crippen molar-refractivity contribution < 1.29 is 9.53 Å². The number of amides is 1. The Bertz CT molecular complexity index is 1080. The number of hydrogen-bond donors (Lipinski definition) is 1. The molecule has 0 unspecified atom stereocenters. The van der Waals surface area contributed by atoms with Gasteiger partial charge in [0.05, 0.1) is 23.5 Å². The molecule has 7 nitrogen and oxygen atoms in total. The molecule has 29 heavy (non-hydrogen) atoms. The third-order valence-corrected chi connectivity index (χ3v) is 6.08. The zero-order valence-electron chi connectivity index (χ0n) is 15.5. The van der Waals surface area contributed by atoms with Gasteiger partial charge < -0.3 is 9.64 Å². The quantitative estimate of drug-likeness (QED) is 0.676. The predicted octanol–water partition coefficient (Wildman–Crippen LogP) is 4.04. The average molecular weight is 428 g/mol. The minimum Gasteiger partial charge on any atom is -0.493 e. The average Bonchev–Trinajstić information content (AvgIpc) is 3.49. The third kappa shape index (κ3) is 3.65. The van der Waals surface area contributed by atoms with Gasteiger partial charge in [0.1, 0.15) is 5.75 Å². The standard InChI is InChI=1S/C20H18ClN5O2S/c21-14-10-22-19(26-6-1-2-7-26)24-17(14)18(27)25-20-23-15(11-29-20)12-3-4-16-13(9-12)5-8-28-16/h3-4,9-11H,1-2,5-8H2,(H,23,25,27). The Morgan fingerprint density at radius 3 is 2.97 bits per heavy atom. The molecule has 1 amide bonds. The summed E-state index contributed by atoms with van der Waals surface area (Å²) in [5, 5.41) is 5.45. The van der Waals surface area contributed by atoms with Crippen molar-refractivity contribution in [2.75, 3.05) is 29.9 Å². The summed E-state index contributed by atoms with van der Waals surface area (Å²) in [5.74, 6) is 1.09. The van der Waals surface area contributed by atoms with Gasteiger partial charge in [-0.1, -0.05) is 11.6 Å². The van der Waals surface area contributed by atoms with E-state index in [2.05, 4.69) is 31.2 Å². The van der Waals surface area contributed by atoms with E-state index in [0.29, 0.717) is 11.1 Å². The smallest absolute Gasteiger partial charge is 0.277 e. The number of nitrogens with zero attached hydrogens (tertiary/aromatic N) is 4. The first-order chi connectivity index (χ1) is 14.2. The van der Waals surface area contributed by atoms with E-state index in [1.165, 1.54) is 23.1 Å². The van der Waals surface area contributed by atoms with E-state index in [4.69, 9.17) is 16.3 Å². The molecule has 2 aromatic heterocycles. The number of halogens is 1. The molecule has 2 aliphatic rings. The first kappa shape index (κ1) is 18.3. The zero-order valence-corrected chi connectivity index (χ0v) is 17.1. The minimum atomic E-state index is -0.388. The summed E-state index contributed by atoms with van der Waals surface area (Å²) in [7, 11) is 0. The number of carbonyl (C=O) groups excluding carboxylic acids is 1. The first-order valence-electron chi connectivity index (χ1n) is 9.48. The maximum atomic E-state index is 12.7. The number of thiazole rings is 1. The van der Waals surface area contributed by atoms with Crippen LogP contribution in [0.3, 0.4) is 0 Å². The number of carbonyl (C=O) groups is 1. The number of rotatable bonds is 4. The van der Waals surface area contributed by atoms with E-state index < -0.39 is 0 Å². The fraction of sp³-hybridized carbons (Fsp3) is 0.300. The van der Waals surface area contributed by atoms with Crippen LogP contribution in [-0.2, 0) is 6.42 Å². The number of aromatic nitrogens is 3. The van der Waals surface area contributed by atoms with Gasteiger partial charge in [-0.25, -0.2) is 15.0 Å². The van der Waals surface area contributed by atoms with Crippen LogP contribution in [0.4, 0.5) is 11.1 Å². The second-order valence-corrected chi connectivity index (χ2v) is 8.24. The molecule has 0 radical (unpaired) electrons. The van der Waals surface area contributed by atoms with Crippen LogP contribution in [0.1, 0.15) is 28.9 Å². The van der Waals surface area contributed by atoms with E-state index >= 15 is 0 Å². The molecule has 148 valence electrons. The summed E-state index contributed by atoms with van der Waals surface area (Å²) in [6.45, 7) is 2.50. The Balaban J connectivity index is 1.34. The SMILES string of the molecule is O=C(Nc1nc(-c2ccc3c(c2)CCO3)cs1)c1nc(N2CCCC2)ncc1Cl. The number of benzene rings is 1. The van der Waals surface area contributed by atoms with Gasteiger partial charge in [-0.3, -0.25) is 10.1 Å². The lowest BCUT2D eigenvalue weighted by molar-refractivity contribution is 0.102. The van der Waals surface area contributed by atoms with Crippen molar-refractivity contribution in [1.82, 2.24) is 15.0 Å². The van der Waals surface area contributed by atoms with Crippen molar-refractivity contribution in [3.05, 3.63) is 46.1 Å². The molecule has 1 fully saturated rings. The zero-order chi connectivity index (χ0) is 19.8. The van der Waals surface area contributed by atoms with Crippen LogP contribution < -0.4 is 15.0 Å². The Hall–Kier alpha value is -2.71. The highest BCUT2D eigenvalue weighted by atomic mass is 35.5. The summed E-state index contributed by atoms with van der Waals surface area (Å²) >= 11 is 7.55. The monoisotopic (exact) mass is 427 g/mol. The Kier molecular flexibility index (Phi) is 4.81. The molecular weight excluding hydrogens is 410 g/mol. The van der Waals surface area contributed by atoms with E-state index in [1.54, 1.807) is 0 Å². The van der Waals surface area contributed by atoms with Crippen molar-refractivity contribution in [3.8, 4) is 17.0 Å². The maximum absolute atomic E-state index is 12.7. The molecule has 2 aliphatic heterocycles. The highest BCUT2D eigenvalue weighted by Crippen LogP contribution is 2.32. The second-order valence-electron chi connectivity index (χ2n) is 6.97. The molecule has 0 aliphatic carbocycles. The van der Waals surface area contributed by atoms with Gasteiger partial charge in [0, 0.05) is 30.5 Å². The lowest BCUT2D eigenvalue weighted by atomic mass is 10.1. The van der Waals surface area contributed by atoms with Crippen molar-refractivity contribution in [2.45, 2.75) is 19.3 Å². The van der Waals surface area contributed by atoms with Crippen molar-refractivity contribution >= 4 is 39.9 Å². The normalized spacial score (nSPS) is 15.3. The second kappa shape index (κ2) is 7.61. The number of anilines is 2. The summed E-state index contributed by atoms with van der Waals surface area (Å²) < 4.78 is 5.55. The topological polar surface area (TPSA) is 80.2 Å². The highest BCUT2D eigenvalue weighted by Gasteiger charge is 2.21. The molecule has 0 atom stereocenters. The van der Waals surface area contributed by atoms with Crippen LogP contribution in [0.15, 0.2) is 29.8 Å². The molecule has 4 heterocycles. The number of fused-ring (bicyclic) bond motifs is 1.